The molecule has 0 aliphatic heterocycles. The van der Waals surface area contributed by atoms with Gasteiger partial charge < -0.3 is 0 Å². The molecular weight excluding hydrogens is 322 g/mol. The van der Waals surface area contributed by atoms with E-state index in [0.29, 0.717) is 5.69 Å². The lowest BCUT2D eigenvalue weighted by atomic mass is 10.1. The van der Waals surface area contributed by atoms with Gasteiger partial charge in [0.2, 0.25) is 0 Å². The fourth-order valence-electron chi connectivity index (χ4n) is 1.69. The van der Waals surface area contributed by atoms with E-state index < -0.39 is 4.92 Å². The van der Waals surface area contributed by atoms with Gasteiger partial charge in [-0.25, -0.2) is 0 Å². The summed E-state index contributed by atoms with van der Waals surface area (Å²) in [5, 5.41) is 15.1. The van der Waals surface area contributed by atoms with Gasteiger partial charge in [-0.05, 0) is 19.1 Å². The smallest absolute Gasteiger partial charge is 0.271 e. The first kappa shape index (κ1) is 14.2. The molecule has 2 aromatic carbocycles. The Kier molecular flexibility index (Phi) is 4.47. The van der Waals surface area contributed by atoms with Crippen molar-refractivity contribution >= 4 is 33.0 Å². The SMILES string of the molecule is C/C(=N/Nc1ccccc1[N+](=O)[O-])c1ccccc1Br. The number of nitrogens with zero attached hydrogens (tertiary/aromatic N) is 2. The average molecular weight is 334 g/mol. The average Bonchev–Trinajstić information content (AvgIpc) is 2.45. The summed E-state index contributed by atoms with van der Waals surface area (Å²) >= 11 is 3.44. The van der Waals surface area contributed by atoms with Crippen LogP contribution in [0.3, 0.4) is 0 Å². The summed E-state index contributed by atoms with van der Waals surface area (Å²) < 4.78 is 0.922. The Morgan fingerprint density at radius 3 is 2.55 bits per heavy atom. The molecule has 0 amide bonds. The highest BCUT2D eigenvalue weighted by atomic mass is 79.9. The Labute approximate surface area is 124 Å². The topological polar surface area (TPSA) is 67.5 Å². The van der Waals surface area contributed by atoms with Gasteiger partial charge in [0.15, 0.2) is 0 Å². The fourth-order valence-corrected chi connectivity index (χ4v) is 2.26. The van der Waals surface area contributed by atoms with Crippen LogP contribution >= 0.6 is 15.9 Å². The molecular formula is C14H12BrN3O2. The van der Waals surface area contributed by atoms with E-state index in [0.717, 1.165) is 15.7 Å². The number of rotatable bonds is 4. The number of hydrogen-bond donors (Lipinski definition) is 1. The van der Waals surface area contributed by atoms with Gasteiger partial charge in [0.25, 0.3) is 5.69 Å². The predicted octanol–water partition coefficient (Wildman–Crippen LogP) is 4.19. The van der Waals surface area contributed by atoms with E-state index in [-0.39, 0.29) is 5.69 Å². The standard InChI is InChI=1S/C14H12BrN3O2/c1-10(11-6-2-3-7-12(11)15)16-17-13-8-4-5-9-14(13)18(19)20/h2-9,17H,1H3/b16-10-. The lowest BCUT2D eigenvalue weighted by Crippen LogP contribution is -2.02. The first-order valence-electron chi connectivity index (χ1n) is 5.88. The van der Waals surface area contributed by atoms with Crippen LogP contribution in [0.25, 0.3) is 0 Å². The van der Waals surface area contributed by atoms with Gasteiger partial charge in [0.1, 0.15) is 5.69 Å². The van der Waals surface area contributed by atoms with Crippen LogP contribution < -0.4 is 5.43 Å². The third-order valence-electron chi connectivity index (χ3n) is 2.71. The molecule has 0 heterocycles. The summed E-state index contributed by atoms with van der Waals surface area (Å²) in [4.78, 5) is 10.5. The number of nitro groups is 1. The molecule has 1 N–H and O–H groups in total. The largest absolute Gasteiger partial charge is 0.294 e. The molecule has 5 nitrogen and oxygen atoms in total. The summed E-state index contributed by atoms with van der Waals surface area (Å²) in [5.74, 6) is 0. The van der Waals surface area contributed by atoms with Crippen LogP contribution in [0.5, 0.6) is 0 Å². The maximum Gasteiger partial charge on any atom is 0.294 e. The molecule has 6 heteroatoms. The van der Waals surface area contributed by atoms with E-state index in [1.807, 2.05) is 31.2 Å². The van der Waals surface area contributed by atoms with Gasteiger partial charge in [-0.3, -0.25) is 15.5 Å². The van der Waals surface area contributed by atoms with Gasteiger partial charge in [-0.2, -0.15) is 5.10 Å². The Bertz CT molecular complexity index is 671. The van der Waals surface area contributed by atoms with Gasteiger partial charge in [0.05, 0.1) is 10.6 Å². The van der Waals surface area contributed by atoms with Crippen LogP contribution in [0.2, 0.25) is 0 Å². The minimum Gasteiger partial charge on any atom is -0.271 e. The molecule has 0 bridgehead atoms. The van der Waals surface area contributed by atoms with Crippen molar-refractivity contribution < 1.29 is 4.92 Å². The lowest BCUT2D eigenvalue weighted by Gasteiger charge is -2.05. The third kappa shape index (κ3) is 3.21. The molecule has 20 heavy (non-hydrogen) atoms. The summed E-state index contributed by atoms with van der Waals surface area (Å²) in [6, 6.07) is 14.1. The van der Waals surface area contributed by atoms with Crippen molar-refractivity contribution in [3.63, 3.8) is 0 Å². The summed E-state index contributed by atoms with van der Waals surface area (Å²) in [6.07, 6.45) is 0. The second kappa shape index (κ2) is 6.29. The molecule has 0 aliphatic rings. The van der Waals surface area contributed by atoms with E-state index in [1.165, 1.54) is 6.07 Å². The molecule has 102 valence electrons. The number of hydrogen-bond acceptors (Lipinski definition) is 4. The van der Waals surface area contributed by atoms with Crippen molar-refractivity contribution in [1.82, 2.24) is 0 Å². The van der Waals surface area contributed by atoms with Crippen LogP contribution in [0.4, 0.5) is 11.4 Å². The molecule has 0 radical (unpaired) electrons. The Balaban J connectivity index is 2.26. The van der Waals surface area contributed by atoms with E-state index in [2.05, 4.69) is 26.5 Å². The Morgan fingerprint density at radius 1 is 1.20 bits per heavy atom. The summed E-state index contributed by atoms with van der Waals surface area (Å²) in [6.45, 7) is 1.84. The number of nitrogens with one attached hydrogen (secondary N) is 1. The predicted molar refractivity (Wildman–Crippen MR) is 83.1 cm³/mol. The molecule has 2 aromatic rings. The summed E-state index contributed by atoms with van der Waals surface area (Å²) in [7, 11) is 0. The zero-order valence-corrected chi connectivity index (χ0v) is 12.3. The molecule has 0 atom stereocenters. The maximum absolute atomic E-state index is 10.9. The molecule has 2 rings (SSSR count). The van der Waals surface area contributed by atoms with Crippen molar-refractivity contribution in [2.75, 3.05) is 5.43 Å². The number of benzene rings is 2. The van der Waals surface area contributed by atoms with Gasteiger partial charge in [-0.1, -0.05) is 46.3 Å². The highest BCUT2D eigenvalue weighted by Gasteiger charge is 2.11. The van der Waals surface area contributed by atoms with E-state index in [4.69, 9.17) is 0 Å². The van der Waals surface area contributed by atoms with E-state index in [1.54, 1.807) is 18.2 Å². The van der Waals surface area contributed by atoms with Crippen molar-refractivity contribution in [3.8, 4) is 0 Å². The monoisotopic (exact) mass is 333 g/mol. The van der Waals surface area contributed by atoms with Crippen LogP contribution in [0, 0.1) is 10.1 Å². The number of hydrazone groups is 1. The van der Waals surface area contributed by atoms with Crippen LogP contribution in [-0.4, -0.2) is 10.6 Å². The molecule has 0 aliphatic carbocycles. The highest BCUT2D eigenvalue weighted by molar-refractivity contribution is 9.10. The van der Waals surface area contributed by atoms with E-state index in [9.17, 15) is 10.1 Å². The highest BCUT2D eigenvalue weighted by Crippen LogP contribution is 2.23. The quantitative estimate of drug-likeness (QED) is 0.518. The van der Waals surface area contributed by atoms with Crippen LogP contribution in [-0.2, 0) is 0 Å². The Morgan fingerprint density at radius 2 is 1.85 bits per heavy atom. The zero-order chi connectivity index (χ0) is 14.5. The lowest BCUT2D eigenvalue weighted by molar-refractivity contribution is -0.384. The third-order valence-corrected chi connectivity index (χ3v) is 3.40. The molecule has 0 unspecified atom stereocenters. The molecule has 0 saturated carbocycles. The normalized spacial score (nSPS) is 11.2. The molecule has 0 fully saturated rings. The zero-order valence-electron chi connectivity index (χ0n) is 10.7. The second-order valence-electron chi connectivity index (χ2n) is 4.06. The number of anilines is 1. The van der Waals surface area contributed by atoms with Crippen molar-refractivity contribution in [1.29, 1.82) is 0 Å². The number of halogens is 1. The minimum absolute atomic E-state index is 0.00354. The molecule has 0 saturated heterocycles. The summed E-state index contributed by atoms with van der Waals surface area (Å²) in [5.41, 5.74) is 4.77. The maximum atomic E-state index is 10.9. The van der Waals surface area contributed by atoms with E-state index >= 15 is 0 Å². The minimum atomic E-state index is -0.439. The van der Waals surface area contributed by atoms with Crippen molar-refractivity contribution in [2.45, 2.75) is 6.92 Å². The molecule has 0 spiro atoms. The molecule has 0 aromatic heterocycles. The van der Waals surface area contributed by atoms with Gasteiger partial charge >= 0.3 is 0 Å². The van der Waals surface area contributed by atoms with Crippen LogP contribution in [0.15, 0.2) is 58.1 Å². The second-order valence-corrected chi connectivity index (χ2v) is 4.92. The number of para-hydroxylation sites is 2. The van der Waals surface area contributed by atoms with Crippen molar-refractivity contribution in [3.05, 3.63) is 68.7 Å². The Hall–Kier alpha value is -2.21. The fraction of sp³-hybridized carbons (Fsp3) is 0.0714. The van der Waals surface area contributed by atoms with Gasteiger partial charge in [-0.15, -0.1) is 0 Å². The van der Waals surface area contributed by atoms with Crippen LogP contribution in [0.1, 0.15) is 12.5 Å². The number of nitro benzene ring substituents is 1. The first-order valence-corrected chi connectivity index (χ1v) is 6.67. The van der Waals surface area contributed by atoms with Crippen molar-refractivity contribution in [2.24, 2.45) is 5.10 Å². The first-order chi connectivity index (χ1) is 9.59. The van der Waals surface area contributed by atoms with Gasteiger partial charge in [0, 0.05) is 16.1 Å².